The number of aliphatic hydroxyl groups excluding tert-OH is 2. The molecule has 2 N–H and O–H groups in total. The van der Waals surface area contributed by atoms with Crippen molar-refractivity contribution in [1.29, 1.82) is 0 Å². The number of esters is 2. The molecule has 0 unspecified atom stereocenters. The summed E-state index contributed by atoms with van der Waals surface area (Å²) < 4.78 is 26.1. The van der Waals surface area contributed by atoms with Crippen molar-refractivity contribution in [2.24, 2.45) is 0 Å². The van der Waals surface area contributed by atoms with Gasteiger partial charge < -0.3 is 33.9 Å². The lowest BCUT2D eigenvalue weighted by atomic mass is 10.1. The molecule has 13 nitrogen and oxygen atoms in total. The molecule has 3 heterocycles. The van der Waals surface area contributed by atoms with E-state index in [0.29, 0.717) is 52.6 Å². The van der Waals surface area contributed by atoms with Crippen molar-refractivity contribution in [1.82, 2.24) is 9.80 Å². The van der Waals surface area contributed by atoms with Gasteiger partial charge in [-0.1, -0.05) is 0 Å². The minimum atomic E-state index is -0.832. The summed E-state index contributed by atoms with van der Waals surface area (Å²) in [6.07, 6.45) is 0. The van der Waals surface area contributed by atoms with Gasteiger partial charge in [0.1, 0.15) is 22.7 Å². The summed E-state index contributed by atoms with van der Waals surface area (Å²) in [5, 5.41) is 20.6. The Hall–Kier alpha value is -2.84. The fourth-order valence-electron chi connectivity index (χ4n) is 3.66. The molecule has 0 spiro atoms. The third-order valence-electron chi connectivity index (χ3n) is 5.54. The van der Waals surface area contributed by atoms with Crippen molar-refractivity contribution in [3.63, 3.8) is 0 Å². The van der Waals surface area contributed by atoms with Crippen LogP contribution in [-0.2, 0) is 42.9 Å². The van der Waals surface area contributed by atoms with Crippen molar-refractivity contribution < 1.29 is 53.1 Å². The zero-order valence-electron chi connectivity index (χ0n) is 19.4. The molecule has 194 valence electrons. The normalized spacial score (nSPS) is 25.6. The number of hydrogen-bond donors (Lipinski definition) is 2. The Bertz CT molecular complexity index is 777. The van der Waals surface area contributed by atoms with E-state index in [1.165, 1.54) is 0 Å². The number of carbonyl (C=O) groups is 4. The van der Waals surface area contributed by atoms with Gasteiger partial charge in [-0.2, -0.15) is 0 Å². The monoisotopic (exact) mass is 498 g/mol. The summed E-state index contributed by atoms with van der Waals surface area (Å²) in [5.74, 6) is -3.48. The van der Waals surface area contributed by atoms with Gasteiger partial charge in [0.25, 0.3) is 0 Å². The van der Waals surface area contributed by atoms with E-state index in [9.17, 15) is 29.4 Å². The highest BCUT2D eigenvalue weighted by atomic mass is 16.6. The summed E-state index contributed by atoms with van der Waals surface area (Å²) in [6, 6.07) is 0. The predicted molar refractivity (Wildman–Crippen MR) is 117 cm³/mol. The molecule has 3 fully saturated rings. The summed E-state index contributed by atoms with van der Waals surface area (Å²) in [7, 11) is 0. The molecule has 3 rings (SSSR count). The third-order valence-corrected chi connectivity index (χ3v) is 5.54. The number of ether oxygens (including phenoxy) is 5. The second-order valence-electron chi connectivity index (χ2n) is 8.03. The lowest BCUT2D eigenvalue weighted by Crippen LogP contribution is -2.35. The Balaban J connectivity index is 1.57. The van der Waals surface area contributed by atoms with E-state index in [4.69, 9.17) is 14.2 Å². The van der Waals surface area contributed by atoms with Gasteiger partial charge >= 0.3 is 11.9 Å². The second kappa shape index (κ2) is 13.3. The number of ketones is 2. The summed E-state index contributed by atoms with van der Waals surface area (Å²) in [6.45, 7) is 2.67. The van der Waals surface area contributed by atoms with E-state index >= 15 is 0 Å². The standard InChI is InChI=1S/C22H30N2O11/c25-15(19-17(27)13-34-21(19)29)11-23-1-5-31-6-2-24(4-8-33-10-9-32-7-3-23)12-16(26)20-18(28)14-35-22(20)30/h25-26H,1-14H2/b19-15-,20-16+. The predicted octanol–water partition coefficient (Wildman–Crippen LogP) is -1.47. The number of nitrogens with zero attached hydrogens (tertiary/aromatic N) is 2. The molecule has 3 aliphatic heterocycles. The smallest absolute Gasteiger partial charge is 0.345 e. The SMILES string of the molecule is O=C1COC(=O)/C1=C(\O)CN1CCOCCOCCN(C/C(O)=C2/C(=O)COC2=O)CCOCC1. The highest BCUT2D eigenvalue weighted by molar-refractivity contribution is 6.22. The number of hydrogen-bond acceptors (Lipinski definition) is 13. The van der Waals surface area contributed by atoms with Crippen LogP contribution < -0.4 is 0 Å². The Morgan fingerprint density at radius 3 is 1.26 bits per heavy atom. The van der Waals surface area contributed by atoms with Gasteiger partial charge in [0.15, 0.2) is 13.2 Å². The Kier molecular flexibility index (Phi) is 10.2. The van der Waals surface area contributed by atoms with E-state index in [-0.39, 0.29) is 62.2 Å². The maximum Gasteiger partial charge on any atom is 0.345 e. The first-order valence-corrected chi connectivity index (χ1v) is 11.3. The summed E-state index contributed by atoms with van der Waals surface area (Å²) in [4.78, 5) is 50.5. The average molecular weight is 498 g/mol. The molecule has 0 aromatic heterocycles. The number of cyclic esters (lactones) is 2. The van der Waals surface area contributed by atoms with Crippen molar-refractivity contribution >= 4 is 23.5 Å². The summed E-state index contributed by atoms with van der Waals surface area (Å²) in [5.41, 5.74) is -0.657. The lowest BCUT2D eigenvalue weighted by molar-refractivity contribution is -0.136. The van der Waals surface area contributed by atoms with Crippen molar-refractivity contribution in [2.45, 2.75) is 0 Å². The Labute approximate surface area is 201 Å². The van der Waals surface area contributed by atoms with E-state index < -0.39 is 23.5 Å². The highest BCUT2D eigenvalue weighted by Gasteiger charge is 2.33. The van der Waals surface area contributed by atoms with Gasteiger partial charge in [-0.05, 0) is 0 Å². The molecule has 0 aliphatic carbocycles. The quantitative estimate of drug-likeness (QED) is 0.200. The van der Waals surface area contributed by atoms with Gasteiger partial charge in [-0.15, -0.1) is 0 Å². The molecule has 35 heavy (non-hydrogen) atoms. The van der Waals surface area contributed by atoms with Crippen LogP contribution in [0, 0.1) is 0 Å². The van der Waals surface area contributed by atoms with Crippen molar-refractivity contribution in [2.75, 3.05) is 92.1 Å². The Morgan fingerprint density at radius 1 is 0.600 bits per heavy atom. The van der Waals surface area contributed by atoms with Gasteiger partial charge in [0, 0.05) is 26.2 Å². The van der Waals surface area contributed by atoms with Gasteiger partial charge in [-0.3, -0.25) is 19.4 Å². The molecule has 3 aliphatic rings. The van der Waals surface area contributed by atoms with E-state index in [1.807, 2.05) is 0 Å². The average Bonchev–Trinajstić information content (AvgIpc) is 3.33. The second-order valence-corrected chi connectivity index (χ2v) is 8.03. The zero-order valence-corrected chi connectivity index (χ0v) is 19.4. The molecule has 0 saturated carbocycles. The molecule has 0 aromatic carbocycles. The fraction of sp³-hybridized carbons (Fsp3) is 0.636. The molecule has 3 saturated heterocycles. The van der Waals surface area contributed by atoms with Crippen LogP contribution in [0.25, 0.3) is 0 Å². The first kappa shape index (κ1) is 26.8. The minimum Gasteiger partial charge on any atom is -0.510 e. The van der Waals surface area contributed by atoms with Gasteiger partial charge in [0.2, 0.25) is 11.6 Å². The maximum absolute atomic E-state index is 11.8. The molecule has 0 amide bonds. The Morgan fingerprint density at radius 2 is 0.943 bits per heavy atom. The maximum atomic E-state index is 11.8. The van der Waals surface area contributed by atoms with E-state index in [1.54, 1.807) is 9.80 Å². The fourth-order valence-corrected chi connectivity index (χ4v) is 3.66. The van der Waals surface area contributed by atoms with Crippen molar-refractivity contribution in [3.8, 4) is 0 Å². The van der Waals surface area contributed by atoms with Crippen LogP contribution >= 0.6 is 0 Å². The molecule has 0 radical (unpaired) electrons. The lowest BCUT2D eigenvalue weighted by Gasteiger charge is -2.23. The molecular weight excluding hydrogens is 468 g/mol. The highest BCUT2D eigenvalue weighted by Crippen LogP contribution is 2.15. The minimum absolute atomic E-state index is 0.0446. The largest absolute Gasteiger partial charge is 0.510 e. The van der Waals surface area contributed by atoms with Crippen LogP contribution in [0.2, 0.25) is 0 Å². The van der Waals surface area contributed by atoms with Crippen molar-refractivity contribution in [3.05, 3.63) is 22.7 Å². The van der Waals surface area contributed by atoms with Crippen LogP contribution in [0.4, 0.5) is 0 Å². The van der Waals surface area contributed by atoms with E-state index in [2.05, 4.69) is 9.47 Å². The topological polar surface area (TPSA) is 161 Å². The molecule has 0 atom stereocenters. The summed E-state index contributed by atoms with van der Waals surface area (Å²) >= 11 is 0. The first-order chi connectivity index (χ1) is 16.9. The molecule has 0 aromatic rings. The first-order valence-electron chi connectivity index (χ1n) is 11.3. The molecule has 0 bridgehead atoms. The van der Waals surface area contributed by atoms with Crippen LogP contribution in [0.1, 0.15) is 0 Å². The molecular formula is C22H30N2O11. The van der Waals surface area contributed by atoms with Crippen LogP contribution in [-0.4, -0.2) is 136 Å². The van der Waals surface area contributed by atoms with Crippen LogP contribution in [0.5, 0.6) is 0 Å². The zero-order chi connectivity index (χ0) is 25.2. The van der Waals surface area contributed by atoms with Gasteiger partial charge in [-0.25, -0.2) is 9.59 Å². The number of aliphatic hydroxyl groups is 2. The third kappa shape index (κ3) is 7.83. The molecule has 13 heteroatoms. The number of carbonyl (C=O) groups excluding carboxylic acids is 4. The van der Waals surface area contributed by atoms with Gasteiger partial charge in [0.05, 0.1) is 52.7 Å². The van der Waals surface area contributed by atoms with Crippen LogP contribution in [0.3, 0.4) is 0 Å². The van der Waals surface area contributed by atoms with Crippen LogP contribution in [0.15, 0.2) is 22.7 Å². The number of rotatable bonds is 4. The number of Topliss-reactive ketones (excluding diaryl/α,β-unsaturated/α-hetero) is 2. The van der Waals surface area contributed by atoms with E-state index in [0.717, 1.165) is 0 Å².